The zero-order valence-corrected chi connectivity index (χ0v) is 11.8. The van der Waals surface area contributed by atoms with Gasteiger partial charge in [-0.25, -0.2) is 0 Å². The molecule has 2 heteroatoms. The van der Waals surface area contributed by atoms with E-state index in [0.717, 1.165) is 19.4 Å². The Kier molecular flexibility index (Phi) is 3.84. The lowest BCUT2D eigenvalue weighted by atomic mass is 9.97. The normalized spacial score (nSPS) is 11.1. The van der Waals surface area contributed by atoms with E-state index in [1.165, 1.54) is 27.6 Å². The summed E-state index contributed by atoms with van der Waals surface area (Å²) in [5.74, 6) is 0. The predicted octanol–water partition coefficient (Wildman–Crippen LogP) is 3.52. The molecular formula is C18H20N2. The predicted molar refractivity (Wildman–Crippen MR) is 85.2 cm³/mol. The van der Waals surface area contributed by atoms with E-state index in [0.29, 0.717) is 0 Å². The topological polar surface area (TPSA) is 27.8 Å². The van der Waals surface area contributed by atoms with Gasteiger partial charge in [0, 0.05) is 11.7 Å². The molecule has 0 radical (unpaired) electrons. The third-order valence-corrected chi connectivity index (χ3v) is 3.78. The maximum Gasteiger partial charge on any atom is 0.0454 e. The highest BCUT2D eigenvalue weighted by Crippen LogP contribution is 2.19. The quantitative estimate of drug-likeness (QED) is 0.725. The fourth-order valence-corrected chi connectivity index (χ4v) is 2.67. The van der Waals surface area contributed by atoms with Gasteiger partial charge >= 0.3 is 0 Å². The van der Waals surface area contributed by atoms with Crippen molar-refractivity contribution in [3.05, 3.63) is 71.4 Å². The van der Waals surface area contributed by atoms with Crippen LogP contribution in [0.5, 0.6) is 0 Å². The Hall–Kier alpha value is -2.06. The highest BCUT2D eigenvalue weighted by atomic mass is 14.8. The van der Waals surface area contributed by atoms with Crippen molar-refractivity contribution in [2.45, 2.75) is 12.8 Å². The fraction of sp³-hybridized carbons (Fsp3) is 0.222. The van der Waals surface area contributed by atoms with Crippen molar-refractivity contribution >= 4 is 10.9 Å². The van der Waals surface area contributed by atoms with Crippen LogP contribution < -0.4 is 5.32 Å². The summed E-state index contributed by atoms with van der Waals surface area (Å²) in [6.45, 7) is 1.02. The third-order valence-electron chi connectivity index (χ3n) is 3.78. The molecule has 2 N–H and O–H groups in total. The summed E-state index contributed by atoms with van der Waals surface area (Å²) in [4.78, 5) is 3.24. The van der Waals surface area contributed by atoms with Gasteiger partial charge in [-0.2, -0.15) is 0 Å². The molecule has 0 fully saturated rings. The van der Waals surface area contributed by atoms with Crippen LogP contribution in [0, 0.1) is 0 Å². The Morgan fingerprint density at radius 3 is 2.70 bits per heavy atom. The Labute approximate surface area is 119 Å². The minimum absolute atomic E-state index is 1.00. The molecule has 0 atom stereocenters. The van der Waals surface area contributed by atoms with Gasteiger partial charge in [-0.1, -0.05) is 30.3 Å². The van der Waals surface area contributed by atoms with Crippen molar-refractivity contribution < 1.29 is 0 Å². The summed E-state index contributed by atoms with van der Waals surface area (Å²) < 4.78 is 0. The van der Waals surface area contributed by atoms with Crippen LogP contribution in [0.3, 0.4) is 0 Å². The highest BCUT2D eigenvalue weighted by Gasteiger charge is 2.04. The first kappa shape index (κ1) is 12.9. The minimum Gasteiger partial charge on any atom is -0.361 e. The molecule has 3 rings (SSSR count). The molecule has 0 aliphatic carbocycles. The second-order valence-electron chi connectivity index (χ2n) is 5.20. The Morgan fingerprint density at radius 1 is 1.00 bits per heavy atom. The van der Waals surface area contributed by atoms with Gasteiger partial charge < -0.3 is 10.3 Å². The molecule has 0 bridgehead atoms. The molecule has 0 saturated carbocycles. The van der Waals surface area contributed by atoms with Gasteiger partial charge in [-0.3, -0.25) is 0 Å². The first-order valence-corrected chi connectivity index (χ1v) is 7.14. The summed E-state index contributed by atoms with van der Waals surface area (Å²) in [6.07, 6.45) is 4.08. The van der Waals surface area contributed by atoms with E-state index >= 15 is 0 Å². The van der Waals surface area contributed by atoms with E-state index in [1.54, 1.807) is 0 Å². The van der Waals surface area contributed by atoms with E-state index in [9.17, 15) is 0 Å². The lowest BCUT2D eigenvalue weighted by molar-refractivity contribution is 0.786. The number of aromatic amines is 1. The summed E-state index contributed by atoms with van der Waals surface area (Å²) in [5.41, 5.74) is 5.44. The number of H-pyrrole nitrogens is 1. The number of fused-ring (bicyclic) bond motifs is 1. The second kappa shape index (κ2) is 5.93. The molecule has 20 heavy (non-hydrogen) atoms. The van der Waals surface area contributed by atoms with Crippen molar-refractivity contribution in [2.75, 3.05) is 13.6 Å². The van der Waals surface area contributed by atoms with Gasteiger partial charge in [-0.05, 0) is 66.7 Å². The van der Waals surface area contributed by atoms with Crippen LogP contribution >= 0.6 is 0 Å². The van der Waals surface area contributed by atoms with Gasteiger partial charge in [0.25, 0.3) is 0 Å². The fourth-order valence-electron chi connectivity index (χ4n) is 2.67. The number of likely N-dealkylation sites (N-methyl/N-ethyl adjacent to an activating group) is 1. The molecule has 0 saturated heterocycles. The summed E-state index contributed by atoms with van der Waals surface area (Å²) in [6, 6.07) is 17.5. The number of hydrogen-bond donors (Lipinski definition) is 2. The standard InChI is InChI=1S/C18H20N2/c1-19-10-8-15-4-2-3-5-16(15)12-14-6-7-18-17(13-14)9-11-20-18/h2-7,9,11,13,19-20H,8,10,12H2,1H3. The molecule has 2 nitrogen and oxygen atoms in total. The van der Waals surface area contributed by atoms with Gasteiger partial charge in [0.1, 0.15) is 0 Å². The van der Waals surface area contributed by atoms with Crippen molar-refractivity contribution in [2.24, 2.45) is 0 Å². The second-order valence-corrected chi connectivity index (χ2v) is 5.20. The first-order chi connectivity index (χ1) is 9.86. The number of nitrogens with one attached hydrogen (secondary N) is 2. The highest BCUT2D eigenvalue weighted by molar-refractivity contribution is 5.80. The molecule has 0 unspecified atom stereocenters. The van der Waals surface area contributed by atoms with E-state index in [4.69, 9.17) is 0 Å². The van der Waals surface area contributed by atoms with Crippen LogP contribution in [0.1, 0.15) is 16.7 Å². The maximum absolute atomic E-state index is 3.24. The molecule has 102 valence electrons. The van der Waals surface area contributed by atoms with Crippen LogP contribution in [-0.2, 0) is 12.8 Å². The monoisotopic (exact) mass is 264 g/mol. The zero-order chi connectivity index (χ0) is 13.8. The lowest BCUT2D eigenvalue weighted by Gasteiger charge is -2.09. The molecule has 0 aliphatic heterocycles. The summed E-state index contributed by atoms with van der Waals surface area (Å²) in [5, 5.41) is 4.51. The van der Waals surface area contributed by atoms with Crippen molar-refractivity contribution in [3.8, 4) is 0 Å². The molecule has 2 aromatic carbocycles. The number of rotatable bonds is 5. The average Bonchev–Trinajstić information content (AvgIpc) is 2.94. The van der Waals surface area contributed by atoms with Crippen molar-refractivity contribution in [1.29, 1.82) is 0 Å². The molecule has 1 aromatic heterocycles. The van der Waals surface area contributed by atoms with Crippen molar-refractivity contribution in [1.82, 2.24) is 10.3 Å². The van der Waals surface area contributed by atoms with E-state index in [1.807, 2.05) is 13.2 Å². The molecule has 0 spiro atoms. The smallest absolute Gasteiger partial charge is 0.0454 e. The lowest BCUT2D eigenvalue weighted by Crippen LogP contribution is -2.11. The van der Waals surface area contributed by atoms with Crippen LogP contribution in [0.25, 0.3) is 10.9 Å². The SMILES string of the molecule is CNCCc1ccccc1Cc1ccc2[nH]ccc2c1. The zero-order valence-electron chi connectivity index (χ0n) is 11.8. The Balaban J connectivity index is 1.86. The van der Waals surface area contributed by atoms with E-state index in [2.05, 4.69) is 58.8 Å². The third kappa shape index (κ3) is 2.75. The number of benzene rings is 2. The average molecular weight is 264 g/mol. The van der Waals surface area contributed by atoms with E-state index in [-0.39, 0.29) is 0 Å². The van der Waals surface area contributed by atoms with Crippen LogP contribution in [0.15, 0.2) is 54.7 Å². The molecule has 1 heterocycles. The van der Waals surface area contributed by atoms with Crippen LogP contribution in [-0.4, -0.2) is 18.6 Å². The molecular weight excluding hydrogens is 244 g/mol. The van der Waals surface area contributed by atoms with Gasteiger partial charge in [0.2, 0.25) is 0 Å². The minimum atomic E-state index is 1.00. The molecule has 0 amide bonds. The summed E-state index contributed by atoms with van der Waals surface area (Å²) >= 11 is 0. The maximum atomic E-state index is 3.24. The van der Waals surface area contributed by atoms with E-state index < -0.39 is 0 Å². The molecule has 0 aliphatic rings. The van der Waals surface area contributed by atoms with Crippen LogP contribution in [0.2, 0.25) is 0 Å². The van der Waals surface area contributed by atoms with Gasteiger partial charge in [0.05, 0.1) is 0 Å². The van der Waals surface area contributed by atoms with Gasteiger partial charge in [-0.15, -0.1) is 0 Å². The van der Waals surface area contributed by atoms with Crippen molar-refractivity contribution in [3.63, 3.8) is 0 Å². The Morgan fingerprint density at radius 2 is 1.85 bits per heavy atom. The number of aromatic nitrogens is 1. The van der Waals surface area contributed by atoms with Crippen LogP contribution in [0.4, 0.5) is 0 Å². The number of hydrogen-bond acceptors (Lipinski definition) is 1. The largest absolute Gasteiger partial charge is 0.361 e. The summed E-state index contributed by atoms with van der Waals surface area (Å²) in [7, 11) is 2.00. The van der Waals surface area contributed by atoms with Gasteiger partial charge in [0.15, 0.2) is 0 Å². The Bertz CT molecular complexity index is 697. The first-order valence-electron chi connectivity index (χ1n) is 7.14. The molecule has 3 aromatic rings.